The lowest BCUT2D eigenvalue weighted by Crippen LogP contribution is -2.41. The van der Waals surface area contributed by atoms with Crippen LogP contribution in [0, 0.1) is 0 Å². The van der Waals surface area contributed by atoms with Crippen LogP contribution in [0.2, 0.25) is 0 Å². The first-order chi connectivity index (χ1) is 16.8. The number of benzene rings is 1. The van der Waals surface area contributed by atoms with E-state index in [4.69, 9.17) is 9.15 Å². The van der Waals surface area contributed by atoms with Gasteiger partial charge in [0.2, 0.25) is 0 Å². The second kappa shape index (κ2) is 10.5. The summed E-state index contributed by atoms with van der Waals surface area (Å²) in [6, 6.07) is 1.57. The normalized spacial score (nSPS) is 15.9. The van der Waals surface area contributed by atoms with Gasteiger partial charge in [-0.25, -0.2) is 9.59 Å². The standard InChI is InChI=1S/C26H33F3N2O5/c1-6-10-16-14-18-19(26(27,28)29)15-20(32)36-22(18)17(11-7-2)21(16)35-13-9-8-12-31-23(33)25(3,4)30(5)24(31)34/h14-15H,6-13H2,1-5H3. The minimum Gasteiger partial charge on any atom is -0.493 e. The van der Waals surface area contributed by atoms with Crippen LogP contribution in [0.3, 0.4) is 0 Å². The topological polar surface area (TPSA) is 80.1 Å². The van der Waals surface area contributed by atoms with Crippen LogP contribution in [0.1, 0.15) is 70.1 Å². The molecule has 0 atom stereocenters. The number of rotatable bonds is 10. The summed E-state index contributed by atoms with van der Waals surface area (Å²) in [5.74, 6) is 0.194. The van der Waals surface area contributed by atoms with Crippen molar-refractivity contribution >= 4 is 22.9 Å². The minimum absolute atomic E-state index is 0.0925. The van der Waals surface area contributed by atoms with Crippen LogP contribution < -0.4 is 10.4 Å². The number of aryl methyl sites for hydroxylation is 2. The highest BCUT2D eigenvalue weighted by Gasteiger charge is 2.48. The molecular formula is C26H33F3N2O5. The van der Waals surface area contributed by atoms with Gasteiger partial charge in [-0.15, -0.1) is 0 Å². The highest BCUT2D eigenvalue weighted by atomic mass is 19.4. The van der Waals surface area contributed by atoms with E-state index in [-0.39, 0.29) is 36.1 Å². The van der Waals surface area contributed by atoms with Gasteiger partial charge in [0.25, 0.3) is 5.91 Å². The molecule has 3 rings (SSSR count). The molecule has 0 aliphatic carbocycles. The molecule has 0 radical (unpaired) electrons. The number of amides is 3. The summed E-state index contributed by atoms with van der Waals surface area (Å²) >= 11 is 0. The third kappa shape index (κ3) is 5.22. The molecule has 0 unspecified atom stereocenters. The number of imide groups is 1. The fraction of sp³-hybridized carbons (Fsp3) is 0.577. The van der Waals surface area contributed by atoms with E-state index in [9.17, 15) is 27.6 Å². The van der Waals surface area contributed by atoms with Crippen molar-refractivity contribution in [1.82, 2.24) is 9.80 Å². The number of carbonyl (C=O) groups is 2. The Morgan fingerprint density at radius 2 is 1.69 bits per heavy atom. The van der Waals surface area contributed by atoms with E-state index in [0.717, 1.165) is 0 Å². The van der Waals surface area contributed by atoms with Gasteiger partial charge in [0.05, 0.1) is 12.2 Å². The van der Waals surface area contributed by atoms with Crippen LogP contribution >= 0.6 is 0 Å². The Kier molecular flexibility index (Phi) is 8.05. The molecule has 1 aliphatic heterocycles. The van der Waals surface area contributed by atoms with Crippen LogP contribution in [0.15, 0.2) is 21.3 Å². The van der Waals surface area contributed by atoms with E-state index in [0.29, 0.717) is 61.5 Å². The highest BCUT2D eigenvalue weighted by molar-refractivity contribution is 6.06. The first-order valence-electron chi connectivity index (χ1n) is 12.3. The Labute approximate surface area is 208 Å². The molecule has 1 aliphatic rings. The van der Waals surface area contributed by atoms with Gasteiger partial charge in [-0.05, 0) is 51.2 Å². The minimum atomic E-state index is -4.70. The zero-order valence-corrected chi connectivity index (χ0v) is 21.4. The molecule has 0 N–H and O–H groups in total. The van der Waals surface area contributed by atoms with Crippen LogP contribution in [-0.4, -0.2) is 47.5 Å². The zero-order valence-electron chi connectivity index (χ0n) is 21.4. The maximum absolute atomic E-state index is 13.7. The lowest BCUT2D eigenvalue weighted by Gasteiger charge is -2.22. The van der Waals surface area contributed by atoms with Crippen molar-refractivity contribution in [2.75, 3.05) is 20.2 Å². The molecule has 2 heterocycles. The number of fused-ring (bicyclic) bond motifs is 1. The number of unbranched alkanes of at least 4 members (excludes halogenated alkanes) is 1. The molecule has 0 spiro atoms. The maximum atomic E-state index is 13.7. The van der Waals surface area contributed by atoms with Crippen molar-refractivity contribution in [2.45, 2.75) is 77.9 Å². The molecule has 2 aromatic rings. The number of likely N-dealkylation sites (N-methyl/N-ethyl adjacent to an activating group) is 1. The molecule has 7 nitrogen and oxygen atoms in total. The average molecular weight is 511 g/mol. The molecule has 36 heavy (non-hydrogen) atoms. The van der Waals surface area contributed by atoms with Crippen molar-refractivity contribution in [2.24, 2.45) is 0 Å². The summed E-state index contributed by atoms with van der Waals surface area (Å²) in [5, 5.41) is -0.140. The van der Waals surface area contributed by atoms with Gasteiger partial charge in [-0.1, -0.05) is 26.7 Å². The van der Waals surface area contributed by atoms with Crippen LogP contribution in [0.4, 0.5) is 18.0 Å². The number of ether oxygens (including phenoxy) is 1. The summed E-state index contributed by atoms with van der Waals surface area (Å²) < 4.78 is 52.5. The van der Waals surface area contributed by atoms with Crippen LogP contribution in [0.5, 0.6) is 5.75 Å². The van der Waals surface area contributed by atoms with Gasteiger partial charge < -0.3 is 14.1 Å². The van der Waals surface area contributed by atoms with E-state index in [2.05, 4.69) is 0 Å². The number of nitrogens with zero attached hydrogens (tertiary/aromatic N) is 2. The molecule has 10 heteroatoms. The monoisotopic (exact) mass is 510 g/mol. The fourth-order valence-electron chi connectivity index (χ4n) is 4.48. The number of carbonyl (C=O) groups excluding carboxylic acids is 2. The molecule has 1 aromatic heterocycles. The first kappa shape index (κ1) is 27.5. The third-order valence-corrected chi connectivity index (χ3v) is 6.63. The molecule has 1 saturated heterocycles. The smallest absolute Gasteiger partial charge is 0.417 e. The molecule has 0 saturated carbocycles. The summed E-state index contributed by atoms with van der Waals surface area (Å²) in [4.78, 5) is 39.6. The van der Waals surface area contributed by atoms with E-state index >= 15 is 0 Å². The fourth-order valence-corrected chi connectivity index (χ4v) is 4.48. The number of hydrogen-bond acceptors (Lipinski definition) is 5. The third-order valence-electron chi connectivity index (χ3n) is 6.63. The van der Waals surface area contributed by atoms with E-state index in [1.807, 2.05) is 13.8 Å². The van der Waals surface area contributed by atoms with E-state index < -0.39 is 22.9 Å². The van der Waals surface area contributed by atoms with E-state index in [1.165, 1.54) is 15.9 Å². The van der Waals surface area contributed by atoms with Gasteiger partial charge in [-0.2, -0.15) is 13.2 Å². The highest BCUT2D eigenvalue weighted by Crippen LogP contribution is 2.40. The van der Waals surface area contributed by atoms with Gasteiger partial charge in [0.1, 0.15) is 16.9 Å². The zero-order chi connectivity index (χ0) is 26.8. The molecule has 0 bridgehead atoms. The Morgan fingerprint density at radius 1 is 1.03 bits per heavy atom. The predicted molar refractivity (Wildman–Crippen MR) is 129 cm³/mol. The molecule has 1 fully saturated rings. The predicted octanol–water partition coefficient (Wildman–Crippen LogP) is 5.55. The van der Waals surface area contributed by atoms with Gasteiger partial charge >= 0.3 is 17.8 Å². The lowest BCUT2D eigenvalue weighted by molar-refractivity contribution is -0.136. The molecule has 3 amide bonds. The van der Waals surface area contributed by atoms with Gasteiger partial charge in [0, 0.05) is 30.6 Å². The summed E-state index contributed by atoms with van der Waals surface area (Å²) in [7, 11) is 1.59. The number of hydrogen-bond donors (Lipinski definition) is 0. The number of alkyl halides is 3. The maximum Gasteiger partial charge on any atom is 0.417 e. The average Bonchev–Trinajstić information content (AvgIpc) is 2.94. The SMILES string of the molecule is CCCc1cc2c(C(F)(F)F)cc(=O)oc2c(CCC)c1OCCCCN1C(=O)N(C)C(C)(C)C1=O. The molecular weight excluding hydrogens is 477 g/mol. The Balaban J connectivity index is 1.85. The number of halogens is 3. The van der Waals surface area contributed by atoms with Gasteiger partial charge in [0.15, 0.2) is 0 Å². The Bertz CT molecular complexity index is 1200. The van der Waals surface area contributed by atoms with Crippen molar-refractivity contribution in [3.63, 3.8) is 0 Å². The summed E-state index contributed by atoms with van der Waals surface area (Å²) in [5.41, 5.74) is -1.97. The van der Waals surface area contributed by atoms with Crippen molar-refractivity contribution in [3.8, 4) is 5.75 Å². The van der Waals surface area contributed by atoms with E-state index in [1.54, 1.807) is 20.9 Å². The lowest BCUT2D eigenvalue weighted by atomic mass is 9.96. The first-order valence-corrected chi connectivity index (χ1v) is 12.3. The van der Waals surface area contributed by atoms with Crippen molar-refractivity contribution in [1.29, 1.82) is 0 Å². The second-order valence-electron chi connectivity index (χ2n) is 9.61. The Hall–Kier alpha value is -3.04. The summed E-state index contributed by atoms with van der Waals surface area (Å²) in [6.45, 7) is 7.69. The van der Waals surface area contributed by atoms with Crippen LogP contribution in [-0.2, 0) is 23.8 Å². The van der Waals surface area contributed by atoms with Crippen molar-refractivity contribution in [3.05, 3.63) is 39.2 Å². The van der Waals surface area contributed by atoms with Gasteiger partial charge in [-0.3, -0.25) is 9.69 Å². The number of urea groups is 1. The Morgan fingerprint density at radius 3 is 2.25 bits per heavy atom. The van der Waals surface area contributed by atoms with Crippen LogP contribution in [0.25, 0.3) is 11.0 Å². The quantitative estimate of drug-likeness (QED) is 0.238. The molecule has 198 valence electrons. The second-order valence-corrected chi connectivity index (χ2v) is 9.61. The van der Waals surface area contributed by atoms with Crippen molar-refractivity contribution < 1.29 is 31.9 Å². The largest absolute Gasteiger partial charge is 0.493 e. The summed E-state index contributed by atoms with van der Waals surface area (Å²) in [6.07, 6.45) is -1.49. The molecule has 1 aromatic carbocycles.